The van der Waals surface area contributed by atoms with Crippen molar-refractivity contribution in [2.75, 3.05) is 31.2 Å². The molecule has 138 valence electrons. The Morgan fingerprint density at radius 3 is 2.58 bits per heavy atom. The third kappa shape index (κ3) is 3.91. The number of nitrogens with zero attached hydrogens (tertiary/aromatic N) is 4. The minimum absolute atomic E-state index is 0.663. The number of pyridine rings is 1. The molecule has 3 rings (SSSR count). The first-order valence-electron chi connectivity index (χ1n) is 9.12. The van der Waals surface area contributed by atoms with Gasteiger partial charge >= 0.3 is 0 Å². The van der Waals surface area contributed by atoms with Crippen LogP contribution < -0.4 is 4.90 Å². The number of ether oxygens (including phenoxy) is 1. The molecule has 0 amide bonds. The number of aromatic nitrogens is 3. The lowest BCUT2D eigenvalue weighted by molar-refractivity contribution is 0.140. The van der Waals surface area contributed by atoms with E-state index in [1.807, 2.05) is 25.3 Å². The van der Waals surface area contributed by atoms with E-state index in [9.17, 15) is 0 Å². The summed E-state index contributed by atoms with van der Waals surface area (Å²) in [5, 5.41) is 0. The number of hydrogen-bond acceptors (Lipinski definition) is 4. The lowest BCUT2D eigenvalue weighted by Crippen LogP contribution is -2.22. The van der Waals surface area contributed by atoms with Gasteiger partial charge in [0.2, 0.25) is 0 Å². The van der Waals surface area contributed by atoms with Crippen LogP contribution in [0.2, 0.25) is 0 Å². The van der Waals surface area contributed by atoms with Crippen molar-refractivity contribution in [3.8, 4) is 11.4 Å². The van der Waals surface area contributed by atoms with E-state index in [1.165, 1.54) is 0 Å². The van der Waals surface area contributed by atoms with Crippen molar-refractivity contribution < 1.29 is 4.74 Å². The number of rotatable bonds is 8. The van der Waals surface area contributed by atoms with Gasteiger partial charge in [-0.2, -0.15) is 0 Å². The molecule has 0 saturated heterocycles. The highest BCUT2D eigenvalue weighted by molar-refractivity contribution is 9.10. The zero-order valence-electron chi connectivity index (χ0n) is 15.6. The minimum atomic E-state index is 0.663. The zero-order chi connectivity index (χ0) is 18.5. The molecule has 0 bridgehead atoms. The van der Waals surface area contributed by atoms with Gasteiger partial charge in [-0.05, 0) is 51.1 Å². The van der Waals surface area contributed by atoms with Gasteiger partial charge in [0.1, 0.15) is 11.6 Å². The number of fused-ring (bicyclic) bond motifs is 1. The standard InChI is InChI=1S/C20H25BrN4O/c1-4-24(5-2)19-10-7-15(14-22-19)20-23-17-13-16(21)8-9-18(17)25(20)11-12-26-6-3/h7-10,13-14H,4-6,11-12H2,1-3H3. The molecule has 5 nitrogen and oxygen atoms in total. The SMILES string of the molecule is CCOCCn1c(-c2ccc(N(CC)CC)nc2)nc2cc(Br)ccc21. The highest BCUT2D eigenvalue weighted by Crippen LogP contribution is 2.27. The van der Waals surface area contributed by atoms with Crippen molar-refractivity contribution in [1.29, 1.82) is 0 Å². The van der Waals surface area contributed by atoms with E-state index in [0.29, 0.717) is 13.2 Å². The summed E-state index contributed by atoms with van der Waals surface area (Å²) in [7, 11) is 0. The highest BCUT2D eigenvalue weighted by Gasteiger charge is 2.14. The maximum absolute atomic E-state index is 5.57. The second-order valence-corrected chi connectivity index (χ2v) is 6.91. The fourth-order valence-corrected chi connectivity index (χ4v) is 3.45. The van der Waals surface area contributed by atoms with E-state index in [1.54, 1.807) is 0 Å². The zero-order valence-corrected chi connectivity index (χ0v) is 17.2. The van der Waals surface area contributed by atoms with E-state index >= 15 is 0 Å². The van der Waals surface area contributed by atoms with Gasteiger partial charge in [-0.3, -0.25) is 0 Å². The number of benzene rings is 1. The highest BCUT2D eigenvalue weighted by atomic mass is 79.9. The first kappa shape index (κ1) is 18.9. The van der Waals surface area contributed by atoms with Gasteiger partial charge in [-0.15, -0.1) is 0 Å². The van der Waals surface area contributed by atoms with E-state index in [4.69, 9.17) is 9.72 Å². The summed E-state index contributed by atoms with van der Waals surface area (Å²) in [6, 6.07) is 10.4. The number of anilines is 1. The predicted molar refractivity (Wildman–Crippen MR) is 111 cm³/mol. The average Bonchev–Trinajstić information content (AvgIpc) is 3.01. The van der Waals surface area contributed by atoms with Crippen LogP contribution in [0.25, 0.3) is 22.4 Å². The second-order valence-electron chi connectivity index (χ2n) is 5.99. The fourth-order valence-electron chi connectivity index (χ4n) is 3.10. The van der Waals surface area contributed by atoms with Crippen molar-refractivity contribution in [3.63, 3.8) is 0 Å². The van der Waals surface area contributed by atoms with Crippen molar-refractivity contribution in [2.45, 2.75) is 27.3 Å². The van der Waals surface area contributed by atoms with Gasteiger partial charge in [0, 0.05) is 42.5 Å². The van der Waals surface area contributed by atoms with Crippen LogP contribution in [-0.4, -0.2) is 40.8 Å². The largest absolute Gasteiger partial charge is 0.380 e. The maximum atomic E-state index is 5.57. The summed E-state index contributed by atoms with van der Waals surface area (Å²) >= 11 is 3.54. The summed E-state index contributed by atoms with van der Waals surface area (Å²) < 4.78 is 8.81. The molecule has 0 unspecified atom stereocenters. The van der Waals surface area contributed by atoms with E-state index in [-0.39, 0.29) is 0 Å². The number of halogens is 1. The summed E-state index contributed by atoms with van der Waals surface area (Å²) in [5.74, 6) is 1.93. The molecule has 1 aromatic carbocycles. The topological polar surface area (TPSA) is 43.2 Å². The van der Waals surface area contributed by atoms with E-state index in [2.05, 4.69) is 62.4 Å². The van der Waals surface area contributed by atoms with Crippen LogP contribution in [0.1, 0.15) is 20.8 Å². The van der Waals surface area contributed by atoms with Crippen LogP contribution in [0.5, 0.6) is 0 Å². The maximum Gasteiger partial charge on any atom is 0.142 e. The average molecular weight is 417 g/mol. The van der Waals surface area contributed by atoms with E-state index in [0.717, 1.165) is 52.3 Å². The Morgan fingerprint density at radius 2 is 1.92 bits per heavy atom. The van der Waals surface area contributed by atoms with Gasteiger partial charge in [-0.25, -0.2) is 9.97 Å². The number of imidazole rings is 1. The van der Waals surface area contributed by atoms with Crippen LogP contribution in [-0.2, 0) is 11.3 Å². The van der Waals surface area contributed by atoms with Crippen molar-refractivity contribution in [3.05, 3.63) is 41.0 Å². The monoisotopic (exact) mass is 416 g/mol. The minimum Gasteiger partial charge on any atom is -0.380 e. The molecule has 6 heteroatoms. The molecule has 0 radical (unpaired) electrons. The van der Waals surface area contributed by atoms with Crippen LogP contribution in [0.3, 0.4) is 0 Å². The summed E-state index contributed by atoms with van der Waals surface area (Å²) in [6.45, 7) is 10.3. The normalized spacial score (nSPS) is 11.2. The summed E-state index contributed by atoms with van der Waals surface area (Å²) in [5.41, 5.74) is 3.10. The Morgan fingerprint density at radius 1 is 1.12 bits per heavy atom. The molecule has 0 aliphatic heterocycles. The third-order valence-electron chi connectivity index (χ3n) is 4.47. The van der Waals surface area contributed by atoms with Crippen LogP contribution in [0, 0.1) is 0 Å². The Balaban J connectivity index is 2.01. The van der Waals surface area contributed by atoms with Crippen molar-refractivity contribution in [2.24, 2.45) is 0 Å². The van der Waals surface area contributed by atoms with Crippen molar-refractivity contribution in [1.82, 2.24) is 14.5 Å². The fraction of sp³-hybridized carbons (Fsp3) is 0.400. The van der Waals surface area contributed by atoms with Crippen LogP contribution in [0.15, 0.2) is 41.0 Å². The van der Waals surface area contributed by atoms with E-state index < -0.39 is 0 Å². The molecule has 3 aromatic rings. The molecule has 0 aliphatic rings. The predicted octanol–water partition coefficient (Wildman–Crippen LogP) is 4.74. The second kappa shape index (κ2) is 8.64. The molecular formula is C20H25BrN4O. The summed E-state index contributed by atoms with van der Waals surface area (Å²) in [4.78, 5) is 11.8. The molecule has 0 atom stereocenters. The van der Waals surface area contributed by atoms with Gasteiger partial charge in [-0.1, -0.05) is 15.9 Å². The molecule has 2 heterocycles. The molecule has 0 spiro atoms. The molecular weight excluding hydrogens is 392 g/mol. The Bertz CT molecular complexity index is 856. The Labute approximate surface area is 163 Å². The first-order chi connectivity index (χ1) is 12.7. The lowest BCUT2D eigenvalue weighted by atomic mass is 10.2. The van der Waals surface area contributed by atoms with Gasteiger partial charge in [0.15, 0.2) is 0 Å². The molecule has 0 aliphatic carbocycles. The Hall–Kier alpha value is -1.92. The summed E-state index contributed by atoms with van der Waals surface area (Å²) in [6.07, 6.45) is 1.92. The van der Waals surface area contributed by atoms with Gasteiger partial charge < -0.3 is 14.2 Å². The molecule has 0 N–H and O–H groups in total. The first-order valence-corrected chi connectivity index (χ1v) is 9.92. The van der Waals surface area contributed by atoms with Crippen LogP contribution in [0.4, 0.5) is 5.82 Å². The third-order valence-corrected chi connectivity index (χ3v) is 4.96. The molecule has 2 aromatic heterocycles. The molecule has 0 saturated carbocycles. The molecule has 26 heavy (non-hydrogen) atoms. The van der Waals surface area contributed by atoms with Gasteiger partial charge in [0.25, 0.3) is 0 Å². The molecule has 0 fully saturated rings. The van der Waals surface area contributed by atoms with Crippen LogP contribution >= 0.6 is 15.9 Å². The quantitative estimate of drug-likeness (QED) is 0.497. The Kier molecular flexibility index (Phi) is 6.27. The number of hydrogen-bond donors (Lipinski definition) is 0. The van der Waals surface area contributed by atoms with Gasteiger partial charge in [0.05, 0.1) is 17.6 Å². The smallest absolute Gasteiger partial charge is 0.142 e. The lowest BCUT2D eigenvalue weighted by Gasteiger charge is -2.19. The van der Waals surface area contributed by atoms with Crippen molar-refractivity contribution >= 4 is 32.8 Å².